The molecule has 0 saturated heterocycles. The number of aliphatic carboxylic acids is 5. The van der Waals surface area contributed by atoms with Gasteiger partial charge in [0.05, 0.1) is 6.42 Å². The first-order valence-electron chi connectivity index (χ1n) is 12.2. The van der Waals surface area contributed by atoms with Gasteiger partial charge in [0.2, 0.25) is 0 Å². The molecule has 5 atom stereocenters. The topological polar surface area (TPSA) is 311 Å². The Hall–Kier alpha value is -3.79. The van der Waals surface area contributed by atoms with Crippen LogP contribution in [0.3, 0.4) is 0 Å². The lowest BCUT2D eigenvalue weighted by Gasteiger charge is -2.11. The molecule has 15 heteroatoms. The zero-order chi connectivity index (χ0) is 32.2. The van der Waals surface area contributed by atoms with Gasteiger partial charge in [0.1, 0.15) is 29.9 Å². The van der Waals surface area contributed by atoms with Crippen LogP contribution in [-0.2, 0) is 30.4 Å². The number of rotatable bonds is 12. The van der Waals surface area contributed by atoms with Crippen molar-refractivity contribution in [1.82, 2.24) is 0 Å². The lowest BCUT2D eigenvalue weighted by Crippen LogP contribution is -2.36. The van der Waals surface area contributed by atoms with Gasteiger partial charge in [-0.1, -0.05) is 46.2 Å². The Labute approximate surface area is 232 Å². The quantitative estimate of drug-likeness (QED) is 0.158. The van der Waals surface area contributed by atoms with Gasteiger partial charge in [0.15, 0.2) is 0 Å². The highest BCUT2D eigenvalue weighted by atomic mass is 16.4. The van der Waals surface area contributed by atoms with Crippen molar-refractivity contribution < 1.29 is 54.6 Å². The van der Waals surface area contributed by atoms with Gasteiger partial charge < -0.3 is 53.6 Å². The highest BCUT2D eigenvalue weighted by Crippen LogP contribution is 2.10. The molecule has 0 fully saturated rings. The van der Waals surface area contributed by atoms with Crippen molar-refractivity contribution in [1.29, 1.82) is 0 Å². The molecule has 0 saturated carbocycles. The molecule has 5 unspecified atom stereocenters. The number of hydrogen-bond acceptors (Lipinski definition) is 10. The van der Waals surface area contributed by atoms with Crippen molar-refractivity contribution in [2.24, 2.45) is 34.8 Å². The minimum atomic E-state index is -1.29. The van der Waals surface area contributed by atoms with Gasteiger partial charge in [-0.2, -0.15) is 0 Å². The molecule has 0 amide bonds. The monoisotopic (exact) mass is 576 g/mol. The molecular formula is C25H44N4O11. The van der Waals surface area contributed by atoms with E-state index in [2.05, 4.69) is 0 Å². The maximum absolute atomic E-state index is 10.4. The van der Waals surface area contributed by atoms with Gasteiger partial charge in [-0.3, -0.25) is 24.0 Å². The molecule has 0 heterocycles. The first kappa shape index (κ1) is 40.7. The van der Waals surface area contributed by atoms with Crippen LogP contribution < -0.4 is 22.9 Å². The SMILES string of the molecule is CC(C)CC(N)C(=O)O.CCC(C)C(N)C(=O)O.NC(CC(=O)O)C(=O)O.NC(Cc1ccc(O)cc1)C(=O)O. The number of hydrogen-bond donors (Lipinski definition) is 10. The van der Waals surface area contributed by atoms with Crippen molar-refractivity contribution in [3.8, 4) is 5.75 Å². The van der Waals surface area contributed by atoms with Crippen LogP contribution in [-0.4, -0.2) is 84.7 Å². The van der Waals surface area contributed by atoms with Crippen LogP contribution in [0.2, 0.25) is 0 Å². The molecule has 0 bridgehead atoms. The molecular weight excluding hydrogens is 532 g/mol. The summed E-state index contributed by atoms with van der Waals surface area (Å²) in [6.07, 6.45) is 1.10. The zero-order valence-electron chi connectivity index (χ0n) is 23.1. The molecule has 0 aliphatic carbocycles. The summed E-state index contributed by atoms with van der Waals surface area (Å²) in [6, 6.07) is 2.75. The number of benzene rings is 1. The normalized spacial score (nSPS) is 13.7. The summed E-state index contributed by atoms with van der Waals surface area (Å²) in [4.78, 5) is 50.3. The summed E-state index contributed by atoms with van der Waals surface area (Å²) >= 11 is 0. The second kappa shape index (κ2) is 22.1. The third kappa shape index (κ3) is 23.3. The molecule has 1 aromatic carbocycles. The zero-order valence-corrected chi connectivity index (χ0v) is 23.1. The summed E-state index contributed by atoms with van der Waals surface area (Å²) in [5, 5.41) is 50.2. The highest BCUT2D eigenvalue weighted by Gasteiger charge is 2.17. The Morgan fingerprint density at radius 1 is 0.700 bits per heavy atom. The van der Waals surface area contributed by atoms with Crippen molar-refractivity contribution in [3.63, 3.8) is 0 Å². The first-order valence-corrected chi connectivity index (χ1v) is 12.2. The third-order valence-electron chi connectivity index (χ3n) is 5.01. The molecule has 14 N–H and O–H groups in total. The van der Waals surface area contributed by atoms with Gasteiger partial charge in [-0.25, -0.2) is 0 Å². The fourth-order valence-electron chi connectivity index (χ4n) is 2.35. The Morgan fingerprint density at radius 3 is 1.35 bits per heavy atom. The average molecular weight is 577 g/mol. The summed E-state index contributed by atoms with van der Waals surface area (Å²) in [5.74, 6) is -4.75. The molecule has 1 aromatic rings. The van der Waals surface area contributed by atoms with E-state index in [-0.39, 0.29) is 18.1 Å². The smallest absolute Gasteiger partial charge is 0.321 e. The van der Waals surface area contributed by atoms with E-state index < -0.39 is 60.4 Å². The van der Waals surface area contributed by atoms with E-state index in [4.69, 9.17) is 53.6 Å². The van der Waals surface area contributed by atoms with E-state index in [0.717, 1.165) is 12.0 Å². The lowest BCUT2D eigenvalue weighted by molar-refractivity contribution is -0.144. The molecule has 0 radical (unpaired) electrons. The second-order valence-electron chi connectivity index (χ2n) is 9.18. The van der Waals surface area contributed by atoms with Crippen molar-refractivity contribution in [2.45, 2.75) is 77.5 Å². The van der Waals surface area contributed by atoms with Crippen molar-refractivity contribution >= 4 is 29.8 Å². The number of carboxylic acid groups (broad SMARTS) is 5. The van der Waals surface area contributed by atoms with Gasteiger partial charge >= 0.3 is 29.8 Å². The predicted molar refractivity (Wildman–Crippen MR) is 145 cm³/mol. The Kier molecular flexibility index (Phi) is 22.5. The summed E-state index contributed by atoms with van der Waals surface area (Å²) < 4.78 is 0. The summed E-state index contributed by atoms with van der Waals surface area (Å²) in [6.45, 7) is 7.65. The van der Waals surface area contributed by atoms with Crippen LogP contribution >= 0.6 is 0 Å². The van der Waals surface area contributed by atoms with Crippen LogP contribution in [0.4, 0.5) is 0 Å². The van der Waals surface area contributed by atoms with E-state index in [1.165, 1.54) is 12.1 Å². The molecule has 0 aliphatic heterocycles. The molecule has 40 heavy (non-hydrogen) atoms. The average Bonchev–Trinajstić information content (AvgIpc) is 2.84. The van der Waals surface area contributed by atoms with E-state index >= 15 is 0 Å². The maximum atomic E-state index is 10.4. The van der Waals surface area contributed by atoms with E-state index in [1.807, 2.05) is 27.7 Å². The van der Waals surface area contributed by atoms with Gasteiger partial charge in [0.25, 0.3) is 0 Å². The largest absolute Gasteiger partial charge is 0.508 e. The highest BCUT2D eigenvalue weighted by molar-refractivity contribution is 5.80. The van der Waals surface area contributed by atoms with Crippen LogP contribution in [0.5, 0.6) is 5.75 Å². The number of phenolic OH excluding ortho intramolecular Hbond substituents is 1. The van der Waals surface area contributed by atoms with Crippen LogP contribution in [0.1, 0.15) is 52.5 Å². The second-order valence-corrected chi connectivity index (χ2v) is 9.18. The molecule has 15 nitrogen and oxygen atoms in total. The van der Waals surface area contributed by atoms with Crippen LogP contribution in [0.25, 0.3) is 0 Å². The minimum absolute atomic E-state index is 0.0718. The van der Waals surface area contributed by atoms with Crippen LogP contribution in [0.15, 0.2) is 24.3 Å². The Balaban J connectivity index is -0.000000465. The number of aromatic hydroxyl groups is 1. The third-order valence-corrected chi connectivity index (χ3v) is 5.01. The summed E-state index contributed by atoms with van der Waals surface area (Å²) in [7, 11) is 0. The number of phenols is 1. The number of carboxylic acids is 5. The van der Waals surface area contributed by atoms with Crippen molar-refractivity contribution in [3.05, 3.63) is 29.8 Å². The predicted octanol–water partition coefficient (Wildman–Crippen LogP) is 0.108. The molecule has 1 rings (SSSR count). The number of carbonyl (C=O) groups is 5. The van der Waals surface area contributed by atoms with E-state index in [0.29, 0.717) is 12.3 Å². The number of nitrogens with two attached hydrogens (primary N) is 4. The van der Waals surface area contributed by atoms with Gasteiger partial charge in [-0.05, 0) is 42.4 Å². The standard InChI is InChI=1S/C9H11NO3.2C6H13NO2.C4H7NO4/c10-8(9(12)13)5-6-1-3-7(11)4-2-6;1-4(2)3-5(7)6(8)9;1-3-4(2)5(7)6(8)9;5-2(4(8)9)1-3(6)7/h1-4,8,11H,5,10H2,(H,12,13);2*4-5H,3,7H2,1-2H3,(H,8,9);2H,1,5H2,(H,6,7)(H,8,9). The maximum Gasteiger partial charge on any atom is 0.321 e. The Morgan fingerprint density at radius 2 is 1.12 bits per heavy atom. The minimum Gasteiger partial charge on any atom is -0.508 e. The molecule has 0 spiro atoms. The molecule has 0 aromatic heterocycles. The van der Waals surface area contributed by atoms with E-state index in [1.54, 1.807) is 12.1 Å². The molecule has 0 aliphatic rings. The first-order chi connectivity index (χ1) is 18.3. The van der Waals surface area contributed by atoms with Crippen LogP contribution in [0, 0.1) is 11.8 Å². The lowest BCUT2D eigenvalue weighted by atomic mass is 10.0. The fourth-order valence-corrected chi connectivity index (χ4v) is 2.35. The van der Waals surface area contributed by atoms with Gasteiger partial charge in [-0.15, -0.1) is 0 Å². The van der Waals surface area contributed by atoms with Gasteiger partial charge in [0, 0.05) is 0 Å². The Bertz CT molecular complexity index is 911. The van der Waals surface area contributed by atoms with Crippen molar-refractivity contribution in [2.75, 3.05) is 0 Å². The molecule has 230 valence electrons. The van der Waals surface area contributed by atoms with E-state index in [9.17, 15) is 24.0 Å². The fraction of sp³-hybridized carbons (Fsp3) is 0.560. The summed E-state index contributed by atoms with van der Waals surface area (Å²) in [5.41, 5.74) is 21.4.